The highest BCUT2D eigenvalue weighted by atomic mass is 16.3. The first-order valence-corrected chi connectivity index (χ1v) is 4.56. The van der Waals surface area contributed by atoms with E-state index < -0.39 is 43.3 Å². The first-order chi connectivity index (χ1) is 11.2. The second-order valence-corrected chi connectivity index (χ2v) is 3.11. The molecular formula is C13H21NO2. The summed E-state index contributed by atoms with van der Waals surface area (Å²) in [7, 11) is 0. The molecule has 16 heavy (non-hydrogen) atoms. The lowest BCUT2D eigenvalue weighted by molar-refractivity contribution is 0.115. The maximum atomic E-state index is 9.62. The average molecular weight is 233 g/mol. The average Bonchev–Trinajstić information content (AvgIpc) is 2.42. The number of hydrogen-bond donors (Lipinski definition) is 3. The molecule has 90 valence electrons. The molecule has 1 aromatic carbocycles. The number of hydrogen-bond acceptors (Lipinski definition) is 3. The zero-order chi connectivity index (χ0) is 21.0. The molecule has 0 unspecified atom stereocenters. The van der Waals surface area contributed by atoms with Gasteiger partial charge in [0.05, 0.1) is 24.1 Å². The van der Waals surface area contributed by atoms with Crippen LogP contribution in [0.3, 0.4) is 0 Å². The molecule has 0 aliphatic rings. The third kappa shape index (κ3) is 3.59. The quantitative estimate of drug-likeness (QED) is 0.683. The van der Waals surface area contributed by atoms with Gasteiger partial charge < -0.3 is 15.9 Å². The van der Waals surface area contributed by atoms with Crippen molar-refractivity contribution in [2.24, 2.45) is 5.73 Å². The minimum Gasteiger partial charge on any atom is -0.394 e. The minimum atomic E-state index is -3.83. The van der Waals surface area contributed by atoms with E-state index in [-0.39, 0.29) is 5.56 Å². The topological polar surface area (TPSA) is 66.5 Å². The van der Waals surface area contributed by atoms with Gasteiger partial charge in [-0.3, -0.25) is 0 Å². The summed E-state index contributed by atoms with van der Waals surface area (Å²) in [6.45, 7) is -6.40. The van der Waals surface area contributed by atoms with Crippen LogP contribution >= 0.6 is 0 Å². The summed E-state index contributed by atoms with van der Waals surface area (Å²) in [5, 5.41) is 19.2. The summed E-state index contributed by atoms with van der Waals surface area (Å²) in [5.74, 6) is 0. The standard InChI is InChI=1S/C13H21NO2/c1-2-11-3-5-12(6-4-11)7-8-13(14,9-15)10-16/h3-6,15-16H,2,7-10,14H2,1H3/i2D2,7D2,8D2,9D2,10D2. The highest BCUT2D eigenvalue weighted by Crippen LogP contribution is 2.12. The Labute approximate surface area is 111 Å². The van der Waals surface area contributed by atoms with E-state index in [1.165, 1.54) is 19.1 Å². The van der Waals surface area contributed by atoms with Gasteiger partial charge in [-0.1, -0.05) is 31.2 Å². The number of nitrogens with two attached hydrogens (primary N) is 1. The number of aliphatic hydroxyl groups is 2. The van der Waals surface area contributed by atoms with Gasteiger partial charge in [-0.2, -0.15) is 0 Å². The van der Waals surface area contributed by atoms with Gasteiger partial charge in [-0.15, -0.1) is 0 Å². The van der Waals surface area contributed by atoms with Crippen LogP contribution in [-0.4, -0.2) is 28.9 Å². The molecule has 0 spiro atoms. The molecule has 0 bridgehead atoms. The Morgan fingerprint density at radius 3 is 2.12 bits per heavy atom. The molecule has 0 aliphatic heterocycles. The smallest absolute Gasteiger partial charge is 0.0633 e. The van der Waals surface area contributed by atoms with Gasteiger partial charge in [0, 0.05) is 8.22 Å². The Balaban J connectivity index is 3.57. The predicted molar refractivity (Wildman–Crippen MR) is 65.2 cm³/mol. The second kappa shape index (κ2) is 5.99. The van der Waals surface area contributed by atoms with Crippen molar-refractivity contribution < 1.29 is 23.9 Å². The van der Waals surface area contributed by atoms with E-state index in [1.54, 1.807) is 0 Å². The highest BCUT2D eigenvalue weighted by Gasteiger charge is 2.22. The molecule has 0 amide bonds. The van der Waals surface area contributed by atoms with E-state index in [2.05, 4.69) is 0 Å². The Morgan fingerprint density at radius 2 is 1.69 bits per heavy atom. The summed E-state index contributed by atoms with van der Waals surface area (Å²) in [5.41, 5.74) is 1.50. The Hall–Kier alpha value is -0.900. The molecule has 0 saturated heterocycles. The Morgan fingerprint density at radius 1 is 1.19 bits per heavy atom. The van der Waals surface area contributed by atoms with Crippen molar-refractivity contribution in [1.29, 1.82) is 0 Å². The maximum Gasteiger partial charge on any atom is 0.0633 e. The fraction of sp³-hybridized carbons (Fsp3) is 0.538. The molecule has 1 rings (SSSR count). The zero-order valence-corrected chi connectivity index (χ0v) is 8.78. The third-order valence-electron chi connectivity index (χ3n) is 1.93. The van der Waals surface area contributed by atoms with Crippen molar-refractivity contribution in [3.8, 4) is 0 Å². The van der Waals surface area contributed by atoms with Crippen molar-refractivity contribution in [2.45, 2.75) is 31.6 Å². The lowest BCUT2D eigenvalue weighted by atomic mass is 9.93. The van der Waals surface area contributed by atoms with Crippen molar-refractivity contribution in [1.82, 2.24) is 0 Å². The number of benzene rings is 1. The molecule has 3 nitrogen and oxygen atoms in total. The van der Waals surface area contributed by atoms with Crippen molar-refractivity contribution in [3.63, 3.8) is 0 Å². The normalized spacial score (nSPS) is 25.5. The second-order valence-electron chi connectivity index (χ2n) is 3.11. The van der Waals surface area contributed by atoms with Crippen LogP contribution in [0, 0.1) is 0 Å². The summed E-state index contributed by atoms with van der Waals surface area (Å²) in [6.07, 6.45) is -8.54. The van der Waals surface area contributed by atoms with E-state index in [9.17, 15) is 10.2 Å². The van der Waals surface area contributed by atoms with E-state index in [0.29, 0.717) is 0 Å². The summed E-state index contributed by atoms with van der Waals surface area (Å²) in [6, 6.07) is 4.49. The van der Waals surface area contributed by atoms with Crippen molar-refractivity contribution in [3.05, 3.63) is 35.4 Å². The van der Waals surface area contributed by atoms with Gasteiger partial charge in [0.2, 0.25) is 0 Å². The lowest BCUT2D eigenvalue weighted by Crippen LogP contribution is -2.47. The lowest BCUT2D eigenvalue weighted by Gasteiger charge is -2.24. The zero-order valence-electron chi connectivity index (χ0n) is 18.8. The van der Waals surface area contributed by atoms with Gasteiger partial charge in [0.1, 0.15) is 0 Å². The van der Waals surface area contributed by atoms with Crippen molar-refractivity contribution in [2.75, 3.05) is 13.1 Å². The van der Waals surface area contributed by atoms with Gasteiger partial charge >= 0.3 is 0 Å². The Kier molecular flexibility index (Phi) is 1.78. The van der Waals surface area contributed by atoms with Crippen LogP contribution < -0.4 is 5.73 Å². The molecule has 1 aromatic rings. The molecule has 0 heterocycles. The van der Waals surface area contributed by atoms with Crippen molar-refractivity contribution >= 4 is 0 Å². The third-order valence-corrected chi connectivity index (χ3v) is 1.93. The van der Waals surface area contributed by atoms with E-state index in [1.807, 2.05) is 0 Å². The summed E-state index contributed by atoms with van der Waals surface area (Å²) < 4.78 is 76.5. The van der Waals surface area contributed by atoms with Gasteiger partial charge in [-0.05, 0) is 30.2 Å². The largest absolute Gasteiger partial charge is 0.394 e. The fourth-order valence-electron chi connectivity index (χ4n) is 0.972. The maximum absolute atomic E-state index is 9.62. The van der Waals surface area contributed by atoms with Crippen LogP contribution in [0.5, 0.6) is 0 Å². The predicted octanol–water partition coefficient (Wildman–Crippen LogP) is 0.864. The number of rotatable bonds is 6. The highest BCUT2D eigenvalue weighted by molar-refractivity contribution is 5.22. The summed E-state index contributed by atoms with van der Waals surface area (Å²) >= 11 is 0. The number of aryl methyl sites for hydroxylation is 2. The molecule has 0 fully saturated rings. The van der Waals surface area contributed by atoms with E-state index >= 15 is 0 Å². The molecular weight excluding hydrogens is 202 g/mol. The van der Waals surface area contributed by atoms with Gasteiger partial charge in [-0.25, -0.2) is 0 Å². The molecule has 0 radical (unpaired) electrons. The van der Waals surface area contributed by atoms with Crippen LogP contribution in [-0.2, 0) is 12.7 Å². The molecule has 3 heteroatoms. The first kappa shape index (κ1) is 4.77. The first-order valence-electron chi connectivity index (χ1n) is 9.56. The Bertz CT molecular complexity index is 629. The SMILES string of the molecule is [2H]C([2H])(C)c1ccc(C([2H])([2H])C([2H])([2H])C(N)(C([2H])([2H])O)C([2H])([2H])O)cc1. The molecule has 0 saturated carbocycles. The van der Waals surface area contributed by atoms with Crippen LogP contribution in [0.4, 0.5) is 0 Å². The molecule has 0 atom stereocenters. The fourth-order valence-corrected chi connectivity index (χ4v) is 0.972. The molecule has 0 aromatic heterocycles. The summed E-state index contributed by atoms with van der Waals surface area (Å²) in [4.78, 5) is 0. The minimum absolute atomic E-state index is 0.173. The van der Waals surface area contributed by atoms with Gasteiger partial charge in [0.15, 0.2) is 0 Å². The van der Waals surface area contributed by atoms with E-state index in [0.717, 1.165) is 12.1 Å². The monoisotopic (exact) mass is 233 g/mol. The van der Waals surface area contributed by atoms with E-state index in [4.69, 9.17) is 19.4 Å². The van der Waals surface area contributed by atoms with Crippen LogP contribution in [0.25, 0.3) is 0 Å². The molecule has 4 N–H and O–H groups in total. The van der Waals surface area contributed by atoms with Crippen LogP contribution in [0.2, 0.25) is 0 Å². The van der Waals surface area contributed by atoms with Crippen LogP contribution in [0.15, 0.2) is 24.3 Å². The van der Waals surface area contributed by atoms with Crippen LogP contribution in [0.1, 0.15) is 38.1 Å². The van der Waals surface area contributed by atoms with Gasteiger partial charge in [0.25, 0.3) is 0 Å². The molecule has 0 aliphatic carbocycles.